The van der Waals surface area contributed by atoms with Gasteiger partial charge >= 0.3 is 23.9 Å². The van der Waals surface area contributed by atoms with Crippen LogP contribution in [-0.2, 0) is 38.1 Å². The van der Waals surface area contributed by atoms with E-state index in [9.17, 15) is 39.4 Å². The van der Waals surface area contributed by atoms with Gasteiger partial charge in [0.05, 0.1) is 9.85 Å². The second-order valence-corrected chi connectivity index (χ2v) is 6.99. The molecular weight excluding hydrogens is 556 g/mol. The Balaban J connectivity index is 0.000000643. The highest BCUT2D eigenvalue weighted by Crippen LogP contribution is 2.17. The van der Waals surface area contributed by atoms with Crippen molar-refractivity contribution in [3.8, 4) is 11.5 Å². The molecule has 17 heteroatoms. The number of hydrogen-bond donors (Lipinski definition) is 2. The van der Waals surface area contributed by atoms with Crippen molar-refractivity contribution in [1.29, 1.82) is 0 Å². The third-order valence-corrected chi connectivity index (χ3v) is 3.90. The summed E-state index contributed by atoms with van der Waals surface area (Å²) >= 11 is 0. The number of nitro benzene ring substituents is 2. The van der Waals surface area contributed by atoms with Crippen LogP contribution in [0.5, 0.6) is 11.5 Å². The number of non-ortho nitro benzene ring substituents is 2. The molecule has 0 fully saturated rings. The zero-order chi connectivity index (χ0) is 31.2. The monoisotopic (exact) mass is 584 g/mol. The molecule has 0 amide bonds. The van der Waals surface area contributed by atoms with Gasteiger partial charge in [-0.05, 0) is 38.1 Å². The Kier molecular flexibility index (Phi) is 18.1. The summed E-state index contributed by atoms with van der Waals surface area (Å²) in [6, 6.07) is 9.99. The maximum Gasteiger partial charge on any atom is 0.349 e. The number of aromatic hydroxyl groups is 1. The summed E-state index contributed by atoms with van der Waals surface area (Å²) in [6.07, 6.45) is 0. The molecule has 41 heavy (non-hydrogen) atoms. The zero-order valence-corrected chi connectivity index (χ0v) is 22.0. The number of phenolic OH excluding ortho intramolecular Hbond substituents is 1. The number of phenols is 1. The molecular formula is C24H28N2O15. The molecule has 2 aromatic rings. The molecule has 0 aliphatic heterocycles. The quantitative estimate of drug-likeness (QED) is 0.148. The number of hydrogen-bond acceptors (Lipinski definition) is 14. The largest absolute Gasteiger partial charge is 0.508 e. The minimum atomic E-state index is -1.17. The highest BCUT2D eigenvalue weighted by molar-refractivity contribution is 5.78. The van der Waals surface area contributed by atoms with E-state index >= 15 is 0 Å². The van der Waals surface area contributed by atoms with E-state index < -0.39 is 46.9 Å². The lowest BCUT2D eigenvalue weighted by Gasteiger charge is -2.05. The molecule has 17 nitrogen and oxygen atoms in total. The molecule has 0 saturated carbocycles. The van der Waals surface area contributed by atoms with Crippen LogP contribution >= 0.6 is 0 Å². The number of esters is 3. The maximum atomic E-state index is 11.3. The fraction of sp³-hybridized carbons (Fsp3) is 0.333. The summed E-state index contributed by atoms with van der Waals surface area (Å²) in [5.74, 6) is -3.13. The molecule has 2 N–H and O–H groups in total. The molecule has 0 atom stereocenters. The van der Waals surface area contributed by atoms with Crippen LogP contribution in [0, 0.1) is 20.2 Å². The number of nitrogens with zero attached hydrogens (tertiary/aromatic N) is 2. The molecule has 0 bridgehead atoms. The van der Waals surface area contributed by atoms with Crippen LogP contribution in [0.15, 0.2) is 48.5 Å². The molecule has 0 spiro atoms. The van der Waals surface area contributed by atoms with Gasteiger partial charge in [-0.2, -0.15) is 0 Å². The van der Waals surface area contributed by atoms with E-state index in [1.54, 1.807) is 13.8 Å². The molecule has 0 radical (unpaired) electrons. The van der Waals surface area contributed by atoms with Crippen molar-refractivity contribution in [3.05, 3.63) is 68.8 Å². The van der Waals surface area contributed by atoms with E-state index in [1.807, 2.05) is 0 Å². The van der Waals surface area contributed by atoms with Crippen LogP contribution < -0.4 is 4.74 Å². The Labute approximate surface area is 232 Å². The van der Waals surface area contributed by atoms with E-state index in [0.717, 1.165) is 0 Å². The van der Waals surface area contributed by atoms with Crippen molar-refractivity contribution >= 4 is 35.3 Å². The number of ether oxygens (including phenoxy) is 5. The van der Waals surface area contributed by atoms with Crippen LogP contribution in [0.25, 0.3) is 0 Å². The number of benzene rings is 2. The van der Waals surface area contributed by atoms with Gasteiger partial charge in [-0.15, -0.1) is 0 Å². The number of carboxylic acid groups (broad SMARTS) is 1. The molecule has 0 saturated heterocycles. The van der Waals surface area contributed by atoms with Crippen molar-refractivity contribution in [1.82, 2.24) is 0 Å². The van der Waals surface area contributed by atoms with Crippen LogP contribution in [0.4, 0.5) is 11.4 Å². The van der Waals surface area contributed by atoms with Gasteiger partial charge in [0.25, 0.3) is 11.4 Å². The SMILES string of the molecule is CCOCC(=O)OCC(=O)O.CCOCC(=O)OCC(=O)Oc1ccc([N+](=O)[O-])cc1.O=[N+]([O-])c1ccc(O)cc1. The average molecular weight is 584 g/mol. The van der Waals surface area contributed by atoms with Gasteiger partial charge in [-0.1, -0.05) is 0 Å². The Morgan fingerprint density at radius 3 is 1.49 bits per heavy atom. The summed E-state index contributed by atoms with van der Waals surface area (Å²) in [5.41, 5.74) is -0.134. The number of nitro groups is 2. The smallest absolute Gasteiger partial charge is 0.349 e. The first kappa shape index (κ1) is 35.8. The molecule has 224 valence electrons. The Hall–Kier alpha value is -5.16. The summed E-state index contributed by atoms with van der Waals surface area (Å²) in [7, 11) is 0. The van der Waals surface area contributed by atoms with Crippen LogP contribution in [0.2, 0.25) is 0 Å². The van der Waals surface area contributed by atoms with Gasteiger partial charge in [-0.3, -0.25) is 20.2 Å². The fourth-order valence-corrected chi connectivity index (χ4v) is 2.11. The molecule has 0 unspecified atom stereocenters. The topological polar surface area (TPSA) is 241 Å². The van der Waals surface area contributed by atoms with Gasteiger partial charge in [0.15, 0.2) is 13.2 Å². The summed E-state index contributed by atoms with van der Waals surface area (Å²) in [5, 5.41) is 37.2. The van der Waals surface area contributed by atoms with E-state index in [-0.39, 0.29) is 36.1 Å². The van der Waals surface area contributed by atoms with Crippen molar-refractivity contribution in [3.63, 3.8) is 0 Å². The highest BCUT2D eigenvalue weighted by Gasteiger charge is 2.11. The average Bonchev–Trinajstić information content (AvgIpc) is 2.94. The molecule has 2 aromatic carbocycles. The van der Waals surface area contributed by atoms with Gasteiger partial charge < -0.3 is 33.9 Å². The first-order chi connectivity index (χ1) is 19.4. The van der Waals surface area contributed by atoms with Crippen molar-refractivity contribution in [2.75, 3.05) is 39.6 Å². The maximum absolute atomic E-state index is 11.3. The van der Waals surface area contributed by atoms with E-state index in [1.165, 1.54) is 48.5 Å². The third-order valence-electron chi connectivity index (χ3n) is 3.90. The number of aliphatic carboxylic acids is 1. The Morgan fingerprint density at radius 1 is 0.683 bits per heavy atom. The van der Waals surface area contributed by atoms with Crippen molar-refractivity contribution < 1.29 is 62.9 Å². The summed E-state index contributed by atoms with van der Waals surface area (Å²) in [6.45, 7) is 2.63. The molecule has 0 aromatic heterocycles. The standard InChI is InChI=1S/C12H13NO7.C6H5NO3.C6H10O5/c1-2-18-7-11(14)19-8-12(15)20-10-5-3-9(4-6-10)13(16)17;8-6-3-1-5(2-4-6)7(9)10;1-2-10-4-6(9)11-3-5(7)8/h3-6H,2,7-8H2,1H3;1-4,8H;2-4H2,1H3,(H,7,8). The predicted molar refractivity (Wildman–Crippen MR) is 136 cm³/mol. The second-order valence-electron chi connectivity index (χ2n) is 6.99. The Morgan fingerprint density at radius 2 is 1.10 bits per heavy atom. The zero-order valence-electron chi connectivity index (χ0n) is 22.0. The summed E-state index contributed by atoms with van der Waals surface area (Å²) < 4.78 is 23.1. The second kappa shape index (κ2) is 20.8. The third kappa shape index (κ3) is 18.7. The fourth-order valence-electron chi connectivity index (χ4n) is 2.11. The first-order valence-electron chi connectivity index (χ1n) is 11.5. The Bertz CT molecular complexity index is 1130. The lowest BCUT2D eigenvalue weighted by molar-refractivity contribution is -0.385. The van der Waals surface area contributed by atoms with E-state index in [4.69, 9.17) is 19.7 Å². The minimum absolute atomic E-state index is 0.0159. The molecule has 0 aliphatic carbocycles. The minimum Gasteiger partial charge on any atom is -0.508 e. The molecule has 0 aliphatic rings. The highest BCUT2D eigenvalue weighted by atomic mass is 16.6. The van der Waals surface area contributed by atoms with Gasteiger partial charge in [-0.25, -0.2) is 19.2 Å². The number of carboxylic acids is 1. The number of rotatable bonds is 13. The van der Waals surface area contributed by atoms with Crippen LogP contribution in [0.3, 0.4) is 0 Å². The molecule has 0 heterocycles. The number of carbonyl (C=O) groups is 4. The summed E-state index contributed by atoms with van der Waals surface area (Å²) in [4.78, 5) is 62.1. The van der Waals surface area contributed by atoms with E-state index in [0.29, 0.717) is 13.2 Å². The van der Waals surface area contributed by atoms with E-state index in [2.05, 4.69) is 14.2 Å². The van der Waals surface area contributed by atoms with Crippen molar-refractivity contribution in [2.24, 2.45) is 0 Å². The number of carbonyl (C=O) groups excluding carboxylic acids is 3. The molecule has 2 rings (SSSR count). The lowest BCUT2D eigenvalue weighted by atomic mass is 10.3. The lowest BCUT2D eigenvalue weighted by Crippen LogP contribution is -2.21. The first-order valence-corrected chi connectivity index (χ1v) is 11.5. The van der Waals surface area contributed by atoms with Gasteiger partial charge in [0.2, 0.25) is 0 Å². The van der Waals surface area contributed by atoms with Crippen LogP contribution in [0.1, 0.15) is 13.8 Å². The predicted octanol–water partition coefficient (Wildman–Crippen LogP) is 2.03. The normalized spacial score (nSPS) is 9.51. The van der Waals surface area contributed by atoms with Gasteiger partial charge in [0, 0.05) is 37.5 Å². The van der Waals surface area contributed by atoms with Crippen LogP contribution in [-0.4, -0.2) is 83.6 Å². The van der Waals surface area contributed by atoms with Gasteiger partial charge in [0.1, 0.15) is 24.7 Å². The van der Waals surface area contributed by atoms with Crippen molar-refractivity contribution in [2.45, 2.75) is 13.8 Å².